The fourth-order valence-electron chi connectivity index (χ4n) is 2.20. The van der Waals surface area contributed by atoms with E-state index < -0.39 is 0 Å². The van der Waals surface area contributed by atoms with E-state index in [4.69, 9.17) is 4.74 Å². The highest BCUT2D eigenvalue weighted by molar-refractivity contribution is 8.18. The highest BCUT2D eigenvalue weighted by atomic mass is 32.2. The van der Waals surface area contributed by atoms with Crippen molar-refractivity contribution in [3.63, 3.8) is 0 Å². The van der Waals surface area contributed by atoms with Crippen LogP contribution in [0.1, 0.15) is 17.3 Å². The molecule has 1 aromatic rings. The maximum absolute atomic E-state index is 12.5. The number of ether oxygens (including phenoxy) is 1. The summed E-state index contributed by atoms with van der Waals surface area (Å²) in [6.07, 6.45) is 0. The molecule has 0 atom stereocenters. The van der Waals surface area contributed by atoms with E-state index in [1.54, 1.807) is 31.4 Å². The Labute approximate surface area is 116 Å². The number of rotatable bonds is 3. The summed E-state index contributed by atoms with van der Waals surface area (Å²) in [7, 11) is 1.61. The van der Waals surface area contributed by atoms with Gasteiger partial charge in [-0.1, -0.05) is 0 Å². The number of thioether (sulfide) groups is 1. The van der Waals surface area contributed by atoms with Crippen molar-refractivity contribution in [2.45, 2.75) is 6.92 Å². The van der Waals surface area contributed by atoms with Crippen LogP contribution in [0.5, 0.6) is 5.75 Å². The first kappa shape index (κ1) is 12.3. The minimum atomic E-state index is 0.0576. The zero-order valence-corrected chi connectivity index (χ0v) is 11.7. The zero-order chi connectivity index (χ0) is 13.4. The van der Waals surface area contributed by atoms with Crippen molar-refractivity contribution in [1.29, 1.82) is 0 Å². The van der Waals surface area contributed by atoms with Crippen LogP contribution in [0.25, 0.3) is 0 Å². The number of carbonyl (C=O) groups excluding carboxylic acids is 1. The Hall–Kier alpha value is -1.75. The zero-order valence-electron chi connectivity index (χ0n) is 10.8. The molecule has 2 heterocycles. The fourth-order valence-corrected chi connectivity index (χ4v) is 3.34. The van der Waals surface area contributed by atoms with E-state index in [1.165, 1.54) is 11.8 Å². The molecule has 0 saturated heterocycles. The predicted molar refractivity (Wildman–Crippen MR) is 76.6 cm³/mol. The maximum Gasteiger partial charge on any atom is 0.201 e. The van der Waals surface area contributed by atoms with Gasteiger partial charge in [0, 0.05) is 17.8 Å². The van der Waals surface area contributed by atoms with Crippen LogP contribution in [-0.2, 0) is 0 Å². The third-order valence-electron chi connectivity index (χ3n) is 3.29. The summed E-state index contributed by atoms with van der Waals surface area (Å²) in [5.41, 5.74) is 1.70. The van der Waals surface area contributed by atoms with Crippen molar-refractivity contribution < 1.29 is 9.53 Å². The molecule has 19 heavy (non-hydrogen) atoms. The number of Topliss-reactive ketones (excluding diaryl/α,β-unsaturated/α-hetero) is 1. The lowest BCUT2D eigenvalue weighted by Gasteiger charge is -2.12. The van der Waals surface area contributed by atoms with Crippen molar-refractivity contribution >= 4 is 22.7 Å². The number of nitrogens with zero attached hydrogens (tertiary/aromatic N) is 2. The van der Waals surface area contributed by atoms with E-state index in [0.717, 1.165) is 34.6 Å². The summed E-state index contributed by atoms with van der Waals surface area (Å²) < 4.78 is 5.10. The number of amidine groups is 1. The van der Waals surface area contributed by atoms with E-state index >= 15 is 0 Å². The monoisotopic (exact) mass is 274 g/mol. The Morgan fingerprint density at radius 1 is 1.37 bits per heavy atom. The molecule has 4 nitrogen and oxygen atoms in total. The second-order valence-electron chi connectivity index (χ2n) is 4.39. The smallest absolute Gasteiger partial charge is 0.201 e. The molecule has 0 aliphatic carbocycles. The molecule has 0 fully saturated rings. The summed E-state index contributed by atoms with van der Waals surface area (Å²) in [5.74, 6) is 0.813. The largest absolute Gasteiger partial charge is 0.497 e. The predicted octanol–water partition coefficient (Wildman–Crippen LogP) is 2.53. The van der Waals surface area contributed by atoms with Crippen molar-refractivity contribution in [1.82, 2.24) is 4.90 Å². The molecule has 3 rings (SSSR count). The molecule has 0 unspecified atom stereocenters. The molecule has 0 N–H and O–H groups in total. The number of hydrogen-bond acceptors (Lipinski definition) is 5. The van der Waals surface area contributed by atoms with Crippen LogP contribution in [0.15, 0.2) is 39.9 Å². The van der Waals surface area contributed by atoms with Gasteiger partial charge in [0.1, 0.15) is 5.75 Å². The number of methoxy groups -OCH3 is 1. The maximum atomic E-state index is 12.5. The fraction of sp³-hybridized carbons (Fsp3) is 0.286. The molecule has 0 saturated carbocycles. The molecular weight excluding hydrogens is 260 g/mol. The lowest BCUT2D eigenvalue weighted by molar-refractivity contribution is 0.104. The summed E-state index contributed by atoms with van der Waals surface area (Å²) >= 11 is 1.48. The van der Waals surface area contributed by atoms with Gasteiger partial charge >= 0.3 is 0 Å². The van der Waals surface area contributed by atoms with Crippen molar-refractivity contribution in [3.05, 3.63) is 40.4 Å². The lowest BCUT2D eigenvalue weighted by atomic mass is 10.1. The second kappa shape index (κ2) is 4.74. The van der Waals surface area contributed by atoms with Gasteiger partial charge in [-0.05, 0) is 43.0 Å². The minimum absolute atomic E-state index is 0.0576. The number of benzene rings is 1. The molecule has 2 aliphatic rings. The van der Waals surface area contributed by atoms with Gasteiger partial charge in [0.05, 0.1) is 18.6 Å². The van der Waals surface area contributed by atoms with Crippen LogP contribution in [0.3, 0.4) is 0 Å². The van der Waals surface area contributed by atoms with Gasteiger partial charge in [-0.2, -0.15) is 0 Å². The molecule has 1 aromatic carbocycles. The normalized spacial score (nSPS) is 17.6. The molecule has 2 aliphatic heterocycles. The van der Waals surface area contributed by atoms with E-state index in [-0.39, 0.29) is 5.78 Å². The number of fused-ring (bicyclic) bond motifs is 1. The average Bonchev–Trinajstić information content (AvgIpc) is 3.02. The third kappa shape index (κ3) is 2.04. The van der Waals surface area contributed by atoms with Gasteiger partial charge in [-0.15, -0.1) is 0 Å². The summed E-state index contributed by atoms with van der Waals surface area (Å²) in [6.45, 7) is 3.69. The van der Waals surface area contributed by atoms with E-state index in [2.05, 4.69) is 9.89 Å². The Morgan fingerprint density at radius 3 is 2.74 bits per heavy atom. The van der Waals surface area contributed by atoms with Crippen LogP contribution < -0.4 is 4.74 Å². The van der Waals surface area contributed by atoms with Crippen LogP contribution in [0, 0.1) is 0 Å². The molecule has 0 amide bonds. The van der Waals surface area contributed by atoms with Crippen LogP contribution in [0.4, 0.5) is 0 Å². The Balaban J connectivity index is 1.88. The number of ketones is 1. The van der Waals surface area contributed by atoms with E-state index in [1.807, 2.05) is 6.92 Å². The van der Waals surface area contributed by atoms with Gasteiger partial charge in [-0.3, -0.25) is 9.79 Å². The molecule has 0 radical (unpaired) electrons. The highest BCUT2D eigenvalue weighted by Crippen LogP contribution is 2.38. The van der Waals surface area contributed by atoms with Crippen molar-refractivity contribution in [2.75, 3.05) is 20.2 Å². The van der Waals surface area contributed by atoms with Crippen molar-refractivity contribution in [2.24, 2.45) is 4.99 Å². The first-order chi connectivity index (χ1) is 9.20. The number of allylic oxidation sites excluding steroid dienone is 2. The minimum Gasteiger partial charge on any atom is -0.497 e. The average molecular weight is 274 g/mol. The quantitative estimate of drug-likeness (QED) is 0.794. The van der Waals surface area contributed by atoms with Crippen LogP contribution >= 0.6 is 11.8 Å². The first-order valence-electron chi connectivity index (χ1n) is 6.10. The summed E-state index contributed by atoms with van der Waals surface area (Å²) in [6, 6.07) is 7.21. The Morgan fingerprint density at radius 2 is 2.11 bits per heavy atom. The Kier molecular flexibility index (Phi) is 3.06. The highest BCUT2D eigenvalue weighted by Gasteiger charge is 2.33. The van der Waals surface area contributed by atoms with E-state index in [9.17, 15) is 4.79 Å². The summed E-state index contributed by atoms with van der Waals surface area (Å²) in [4.78, 5) is 19.8. The molecule has 0 aromatic heterocycles. The molecule has 0 spiro atoms. The topological polar surface area (TPSA) is 41.9 Å². The Bertz CT molecular complexity index is 590. The molecule has 98 valence electrons. The number of carbonyl (C=O) groups is 1. The summed E-state index contributed by atoms with van der Waals surface area (Å²) in [5, 5.41) is 0.953. The molecular formula is C14H14N2O2S. The van der Waals surface area contributed by atoms with Crippen LogP contribution in [-0.4, -0.2) is 36.1 Å². The molecule has 0 bridgehead atoms. The van der Waals surface area contributed by atoms with Gasteiger partial charge < -0.3 is 9.64 Å². The lowest BCUT2D eigenvalue weighted by Crippen LogP contribution is -2.19. The standard InChI is InChI=1S/C14H14N2O2S/c1-9-13(19-14-15-7-8-16(9)14)12(17)10-3-5-11(18-2)6-4-10/h3-6H,7-8H2,1-2H3. The van der Waals surface area contributed by atoms with Gasteiger partial charge in [0.25, 0.3) is 0 Å². The van der Waals surface area contributed by atoms with Gasteiger partial charge in [-0.25, -0.2) is 0 Å². The van der Waals surface area contributed by atoms with Crippen molar-refractivity contribution in [3.8, 4) is 5.75 Å². The number of hydrogen-bond donors (Lipinski definition) is 0. The van der Waals surface area contributed by atoms with E-state index in [0.29, 0.717) is 5.56 Å². The third-order valence-corrected chi connectivity index (χ3v) is 4.50. The second-order valence-corrected chi connectivity index (χ2v) is 5.37. The van der Waals surface area contributed by atoms with Gasteiger partial charge in [0.2, 0.25) is 5.78 Å². The number of aliphatic imine (C=N–C) groups is 1. The van der Waals surface area contributed by atoms with Gasteiger partial charge in [0.15, 0.2) is 5.17 Å². The SMILES string of the molecule is COc1ccc(C(=O)C2=C(C)N3CCN=C3S2)cc1. The first-order valence-corrected chi connectivity index (χ1v) is 6.92. The molecule has 5 heteroatoms. The van der Waals surface area contributed by atoms with Crippen LogP contribution in [0.2, 0.25) is 0 Å².